The average molecular weight is 298 g/mol. The maximum atomic E-state index is 5.85. The van der Waals surface area contributed by atoms with Crippen molar-refractivity contribution in [3.8, 4) is 0 Å². The molecular formula is C13H20BrN3. The molecule has 0 atom stereocenters. The molecule has 4 heteroatoms. The van der Waals surface area contributed by atoms with Crippen molar-refractivity contribution in [1.29, 1.82) is 0 Å². The predicted molar refractivity (Wildman–Crippen MR) is 75.9 cm³/mol. The Hall–Kier alpha value is -0.580. The molecule has 2 N–H and O–H groups in total. The van der Waals surface area contributed by atoms with Gasteiger partial charge in [-0.15, -0.1) is 0 Å². The molecule has 0 saturated carbocycles. The summed E-state index contributed by atoms with van der Waals surface area (Å²) >= 11 is 3.49. The van der Waals surface area contributed by atoms with Crippen LogP contribution >= 0.6 is 15.9 Å². The van der Waals surface area contributed by atoms with Gasteiger partial charge < -0.3 is 10.6 Å². The average Bonchev–Trinajstić information content (AvgIpc) is 2.28. The van der Waals surface area contributed by atoms with E-state index in [0.717, 1.165) is 36.3 Å². The van der Waals surface area contributed by atoms with Crippen molar-refractivity contribution in [1.82, 2.24) is 9.80 Å². The second-order valence-electron chi connectivity index (χ2n) is 4.60. The van der Waals surface area contributed by atoms with Crippen molar-refractivity contribution in [3.63, 3.8) is 0 Å². The lowest BCUT2D eigenvalue weighted by Crippen LogP contribution is -2.45. The fraction of sp³-hybridized carbons (Fsp3) is 0.538. The van der Waals surface area contributed by atoms with Crippen LogP contribution in [0, 0.1) is 0 Å². The number of benzene rings is 1. The lowest BCUT2D eigenvalue weighted by molar-refractivity contribution is 0.132. The molecule has 1 heterocycles. The highest BCUT2D eigenvalue weighted by Crippen LogP contribution is 2.19. The summed E-state index contributed by atoms with van der Waals surface area (Å²) in [5.74, 6) is 0. The molecule has 0 radical (unpaired) electrons. The van der Waals surface area contributed by atoms with Gasteiger partial charge >= 0.3 is 0 Å². The second kappa shape index (κ2) is 5.85. The first-order valence-electron chi connectivity index (χ1n) is 6.17. The van der Waals surface area contributed by atoms with E-state index in [2.05, 4.69) is 44.8 Å². The number of piperazine rings is 1. The summed E-state index contributed by atoms with van der Waals surface area (Å²) < 4.78 is 1.07. The van der Waals surface area contributed by atoms with Gasteiger partial charge in [-0.2, -0.15) is 0 Å². The zero-order valence-corrected chi connectivity index (χ0v) is 11.9. The minimum absolute atomic E-state index is 0.835. The highest BCUT2D eigenvalue weighted by atomic mass is 79.9. The van der Waals surface area contributed by atoms with Crippen molar-refractivity contribution in [2.24, 2.45) is 0 Å². The van der Waals surface area contributed by atoms with Crippen LogP contribution < -0.4 is 5.73 Å². The Bertz CT molecular complexity index is 353. The van der Waals surface area contributed by atoms with Crippen LogP contribution in [-0.2, 0) is 6.54 Å². The van der Waals surface area contributed by atoms with Crippen LogP contribution in [0.25, 0.3) is 0 Å². The van der Waals surface area contributed by atoms with Gasteiger partial charge in [-0.05, 0) is 30.3 Å². The molecule has 0 unspecified atom stereocenters. The first-order chi connectivity index (χ1) is 8.17. The summed E-state index contributed by atoms with van der Waals surface area (Å²) in [7, 11) is 0. The van der Waals surface area contributed by atoms with Gasteiger partial charge in [0.1, 0.15) is 0 Å². The van der Waals surface area contributed by atoms with Gasteiger partial charge in [0.15, 0.2) is 0 Å². The van der Waals surface area contributed by atoms with Crippen molar-refractivity contribution in [2.45, 2.75) is 13.5 Å². The number of anilines is 1. The minimum atomic E-state index is 0.835. The molecule has 0 aromatic heterocycles. The quantitative estimate of drug-likeness (QED) is 0.868. The van der Waals surface area contributed by atoms with E-state index in [9.17, 15) is 0 Å². The number of likely N-dealkylation sites (N-methyl/N-ethyl adjacent to an activating group) is 1. The number of hydrogen-bond acceptors (Lipinski definition) is 3. The minimum Gasteiger partial charge on any atom is -0.399 e. The van der Waals surface area contributed by atoms with Gasteiger partial charge in [-0.25, -0.2) is 0 Å². The summed E-state index contributed by atoms with van der Waals surface area (Å²) in [6.45, 7) is 9.06. The Kier molecular flexibility index (Phi) is 4.42. The summed E-state index contributed by atoms with van der Waals surface area (Å²) in [5.41, 5.74) is 7.98. The molecule has 0 bridgehead atoms. The number of rotatable bonds is 3. The molecular weight excluding hydrogens is 278 g/mol. The molecule has 1 aliphatic rings. The van der Waals surface area contributed by atoms with Gasteiger partial charge in [0.2, 0.25) is 0 Å². The second-order valence-corrected chi connectivity index (χ2v) is 5.52. The van der Waals surface area contributed by atoms with Gasteiger partial charge in [-0.3, -0.25) is 4.90 Å². The maximum absolute atomic E-state index is 5.85. The predicted octanol–water partition coefficient (Wildman–Crippen LogP) is 2.17. The Labute approximate surface area is 112 Å². The molecule has 0 aliphatic carbocycles. The third-order valence-electron chi connectivity index (χ3n) is 3.30. The van der Waals surface area contributed by atoms with Crippen LogP contribution in [0.5, 0.6) is 0 Å². The molecule has 1 fully saturated rings. The van der Waals surface area contributed by atoms with Crippen LogP contribution in [0.1, 0.15) is 12.5 Å². The number of nitrogen functional groups attached to an aromatic ring is 1. The van der Waals surface area contributed by atoms with Crippen LogP contribution in [0.4, 0.5) is 5.69 Å². The summed E-state index contributed by atoms with van der Waals surface area (Å²) in [6.07, 6.45) is 0. The van der Waals surface area contributed by atoms with Gasteiger partial charge in [0.25, 0.3) is 0 Å². The number of halogens is 1. The van der Waals surface area contributed by atoms with Crippen LogP contribution in [-0.4, -0.2) is 42.5 Å². The molecule has 1 saturated heterocycles. The molecule has 0 spiro atoms. The molecule has 94 valence electrons. The first-order valence-corrected chi connectivity index (χ1v) is 6.96. The molecule has 1 aliphatic heterocycles. The summed E-state index contributed by atoms with van der Waals surface area (Å²) in [5, 5.41) is 0. The highest BCUT2D eigenvalue weighted by Gasteiger charge is 2.15. The monoisotopic (exact) mass is 297 g/mol. The third-order valence-corrected chi connectivity index (χ3v) is 3.76. The summed E-state index contributed by atoms with van der Waals surface area (Å²) in [4.78, 5) is 4.99. The van der Waals surface area contributed by atoms with Crippen LogP contribution in [0.15, 0.2) is 22.7 Å². The number of nitrogens with zero attached hydrogens (tertiary/aromatic N) is 2. The van der Waals surface area contributed by atoms with Crippen LogP contribution in [0.2, 0.25) is 0 Å². The summed E-state index contributed by atoms with van der Waals surface area (Å²) in [6, 6.07) is 6.16. The van der Waals surface area contributed by atoms with E-state index in [1.807, 2.05) is 6.07 Å². The standard InChI is InChI=1S/C13H20BrN3/c1-2-16-3-5-17(6-4-16)10-11-7-12(14)9-13(15)8-11/h7-9H,2-6,10,15H2,1H3. The van der Waals surface area contributed by atoms with E-state index < -0.39 is 0 Å². The SMILES string of the molecule is CCN1CCN(Cc2cc(N)cc(Br)c2)CC1. The van der Waals surface area contributed by atoms with Gasteiger partial charge in [0.05, 0.1) is 0 Å². The Morgan fingerprint density at radius 2 is 1.76 bits per heavy atom. The van der Waals surface area contributed by atoms with Gasteiger partial charge in [-0.1, -0.05) is 22.9 Å². The molecule has 1 aromatic carbocycles. The highest BCUT2D eigenvalue weighted by molar-refractivity contribution is 9.10. The Morgan fingerprint density at radius 3 is 2.35 bits per heavy atom. The van der Waals surface area contributed by atoms with Crippen molar-refractivity contribution in [3.05, 3.63) is 28.2 Å². The smallest absolute Gasteiger partial charge is 0.0328 e. The normalized spacial score (nSPS) is 18.5. The fourth-order valence-corrected chi connectivity index (χ4v) is 2.85. The van der Waals surface area contributed by atoms with E-state index in [-0.39, 0.29) is 0 Å². The molecule has 0 amide bonds. The topological polar surface area (TPSA) is 32.5 Å². The van der Waals surface area contributed by atoms with E-state index in [0.29, 0.717) is 0 Å². The molecule has 17 heavy (non-hydrogen) atoms. The Morgan fingerprint density at radius 1 is 1.12 bits per heavy atom. The van der Waals surface area contributed by atoms with E-state index in [1.54, 1.807) is 0 Å². The lowest BCUT2D eigenvalue weighted by atomic mass is 10.2. The number of hydrogen-bond donors (Lipinski definition) is 1. The molecule has 2 rings (SSSR count). The largest absolute Gasteiger partial charge is 0.399 e. The fourth-order valence-electron chi connectivity index (χ4n) is 2.29. The van der Waals surface area contributed by atoms with Gasteiger partial charge in [0, 0.05) is 42.9 Å². The zero-order valence-electron chi connectivity index (χ0n) is 10.3. The third kappa shape index (κ3) is 3.69. The van der Waals surface area contributed by atoms with Crippen molar-refractivity contribution >= 4 is 21.6 Å². The van der Waals surface area contributed by atoms with Crippen molar-refractivity contribution in [2.75, 3.05) is 38.5 Å². The maximum Gasteiger partial charge on any atom is 0.0328 e. The lowest BCUT2D eigenvalue weighted by Gasteiger charge is -2.34. The number of nitrogens with two attached hydrogens (primary N) is 1. The van der Waals surface area contributed by atoms with E-state index >= 15 is 0 Å². The van der Waals surface area contributed by atoms with Crippen LogP contribution in [0.3, 0.4) is 0 Å². The first kappa shape index (κ1) is 12.9. The van der Waals surface area contributed by atoms with E-state index in [4.69, 9.17) is 5.73 Å². The molecule has 1 aromatic rings. The Balaban J connectivity index is 1.93. The van der Waals surface area contributed by atoms with E-state index in [1.165, 1.54) is 18.7 Å². The zero-order chi connectivity index (χ0) is 12.3. The molecule has 3 nitrogen and oxygen atoms in total. The van der Waals surface area contributed by atoms with Crippen molar-refractivity contribution < 1.29 is 0 Å².